The molecule has 0 aromatic heterocycles. The second-order valence-electron chi connectivity index (χ2n) is 5.51. The van der Waals surface area contributed by atoms with Crippen LogP contribution in [0.5, 0.6) is 5.75 Å². The van der Waals surface area contributed by atoms with Crippen LogP contribution < -0.4 is 15.0 Å². The number of anilines is 2. The van der Waals surface area contributed by atoms with Gasteiger partial charge in [0.1, 0.15) is 5.75 Å². The summed E-state index contributed by atoms with van der Waals surface area (Å²) >= 11 is 5.98. The highest BCUT2D eigenvalue weighted by Gasteiger charge is 2.19. The highest BCUT2D eigenvalue weighted by Crippen LogP contribution is 2.29. The zero-order chi connectivity index (χ0) is 16.2. The molecule has 0 radical (unpaired) electrons. The van der Waals surface area contributed by atoms with E-state index in [1.54, 1.807) is 25.3 Å². The fraction of sp³-hybridized carbons (Fsp3) is 0.278. The first-order valence-corrected chi connectivity index (χ1v) is 8.01. The molecule has 0 aliphatic carbocycles. The van der Waals surface area contributed by atoms with Gasteiger partial charge in [0.2, 0.25) is 5.91 Å². The first-order valence-electron chi connectivity index (χ1n) is 7.63. The number of fused-ring (bicyclic) bond motifs is 1. The van der Waals surface area contributed by atoms with Gasteiger partial charge < -0.3 is 15.0 Å². The standard InChI is InChI=1S/C18H19ClN2O2/c1-23-17-7-6-14(19)12-15(17)20-18(22)9-11-21-10-8-13-4-2-3-5-16(13)21/h2-7,12H,8-11H2,1H3,(H,20,22). The Morgan fingerprint density at radius 2 is 2.13 bits per heavy atom. The molecule has 0 unspecified atom stereocenters. The summed E-state index contributed by atoms with van der Waals surface area (Å²) in [4.78, 5) is 14.5. The lowest BCUT2D eigenvalue weighted by molar-refractivity contribution is -0.116. The number of halogens is 1. The lowest BCUT2D eigenvalue weighted by Gasteiger charge is -2.19. The molecule has 23 heavy (non-hydrogen) atoms. The summed E-state index contributed by atoms with van der Waals surface area (Å²) in [5, 5.41) is 3.44. The van der Waals surface area contributed by atoms with Crippen LogP contribution in [0.2, 0.25) is 5.02 Å². The van der Waals surface area contributed by atoms with Crippen LogP contribution in [0, 0.1) is 0 Å². The number of hydrogen-bond acceptors (Lipinski definition) is 3. The van der Waals surface area contributed by atoms with Crippen molar-refractivity contribution in [1.29, 1.82) is 0 Å². The minimum Gasteiger partial charge on any atom is -0.495 e. The van der Waals surface area contributed by atoms with E-state index >= 15 is 0 Å². The molecule has 2 aromatic carbocycles. The molecule has 1 aliphatic heterocycles. The zero-order valence-corrected chi connectivity index (χ0v) is 13.8. The van der Waals surface area contributed by atoms with Crippen molar-refractivity contribution in [2.75, 3.05) is 30.4 Å². The first kappa shape index (κ1) is 15.7. The Morgan fingerprint density at radius 3 is 2.96 bits per heavy atom. The Balaban J connectivity index is 1.60. The van der Waals surface area contributed by atoms with E-state index in [1.807, 2.05) is 6.07 Å². The quantitative estimate of drug-likeness (QED) is 0.908. The maximum atomic E-state index is 12.2. The molecule has 1 N–H and O–H groups in total. The van der Waals surface area contributed by atoms with Crippen LogP contribution in [0.3, 0.4) is 0 Å². The molecule has 0 saturated heterocycles. The molecule has 1 aliphatic rings. The third kappa shape index (κ3) is 3.59. The predicted octanol–water partition coefficient (Wildman–Crippen LogP) is 3.74. The second-order valence-corrected chi connectivity index (χ2v) is 5.94. The maximum Gasteiger partial charge on any atom is 0.226 e. The predicted molar refractivity (Wildman–Crippen MR) is 93.6 cm³/mol. The van der Waals surface area contributed by atoms with E-state index in [-0.39, 0.29) is 5.91 Å². The number of amides is 1. The zero-order valence-electron chi connectivity index (χ0n) is 13.0. The van der Waals surface area contributed by atoms with Gasteiger partial charge in [0.15, 0.2) is 0 Å². The van der Waals surface area contributed by atoms with Crippen molar-refractivity contribution in [3.05, 3.63) is 53.1 Å². The molecule has 1 amide bonds. The fourth-order valence-corrected chi connectivity index (χ4v) is 3.04. The van der Waals surface area contributed by atoms with E-state index in [9.17, 15) is 4.79 Å². The molecule has 0 spiro atoms. The highest BCUT2D eigenvalue weighted by molar-refractivity contribution is 6.31. The molecule has 3 rings (SSSR count). The topological polar surface area (TPSA) is 41.6 Å². The summed E-state index contributed by atoms with van der Waals surface area (Å²) in [6.45, 7) is 1.67. The Bertz CT molecular complexity index is 718. The largest absolute Gasteiger partial charge is 0.495 e. The van der Waals surface area contributed by atoms with E-state index in [4.69, 9.17) is 16.3 Å². The smallest absolute Gasteiger partial charge is 0.226 e. The monoisotopic (exact) mass is 330 g/mol. The number of methoxy groups -OCH3 is 1. The van der Waals surface area contributed by atoms with Gasteiger partial charge in [-0.15, -0.1) is 0 Å². The molecule has 2 aromatic rings. The van der Waals surface area contributed by atoms with Crippen LogP contribution in [0.15, 0.2) is 42.5 Å². The number of nitrogens with one attached hydrogen (secondary N) is 1. The van der Waals surface area contributed by atoms with E-state index in [0.717, 1.165) is 13.0 Å². The molecular formula is C18H19ClN2O2. The van der Waals surface area contributed by atoms with Crippen molar-refractivity contribution in [3.8, 4) is 5.75 Å². The van der Waals surface area contributed by atoms with Gasteiger partial charge >= 0.3 is 0 Å². The van der Waals surface area contributed by atoms with Crippen LogP contribution in [0.4, 0.5) is 11.4 Å². The summed E-state index contributed by atoms with van der Waals surface area (Å²) in [5.74, 6) is 0.559. The second kappa shape index (κ2) is 6.92. The lowest BCUT2D eigenvalue weighted by Crippen LogP contribution is -2.26. The Morgan fingerprint density at radius 1 is 1.30 bits per heavy atom. The average Bonchev–Trinajstić information content (AvgIpc) is 2.96. The number of hydrogen-bond donors (Lipinski definition) is 1. The molecule has 120 valence electrons. The number of benzene rings is 2. The summed E-state index contributed by atoms with van der Waals surface area (Å²) in [7, 11) is 1.57. The highest BCUT2D eigenvalue weighted by atomic mass is 35.5. The van der Waals surface area contributed by atoms with Crippen LogP contribution in [0.1, 0.15) is 12.0 Å². The van der Waals surface area contributed by atoms with Gasteiger partial charge in [0.25, 0.3) is 0 Å². The number of carbonyl (C=O) groups excluding carboxylic acids is 1. The van der Waals surface area contributed by atoms with Gasteiger partial charge in [-0.25, -0.2) is 0 Å². The van der Waals surface area contributed by atoms with Crippen molar-refractivity contribution in [2.24, 2.45) is 0 Å². The summed E-state index contributed by atoms with van der Waals surface area (Å²) < 4.78 is 5.24. The first-order chi connectivity index (χ1) is 11.2. The fourth-order valence-electron chi connectivity index (χ4n) is 2.87. The minimum absolute atomic E-state index is 0.0463. The van der Waals surface area contributed by atoms with E-state index < -0.39 is 0 Å². The Hall–Kier alpha value is -2.20. The maximum absolute atomic E-state index is 12.2. The Labute approximate surface area is 141 Å². The average molecular weight is 331 g/mol. The van der Waals surface area contributed by atoms with Crippen molar-refractivity contribution in [3.63, 3.8) is 0 Å². The van der Waals surface area contributed by atoms with Crippen molar-refractivity contribution < 1.29 is 9.53 Å². The van der Waals surface area contributed by atoms with E-state index in [1.165, 1.54) is 11.3 Å². The summed E-state index contributed by atoms with van der Waals surface area (Å²) in [6.07, 6.45) is 1.46. The van der Waals surface area contributed by atoms with Crippen molar-refractivity contribution >= 4 is 28.9 Å². The van der Waals surface area contributed by atoms with Gasteiger partial charge in [-0.1, -0.05) is 29.8 Å². The number of ether oxygens (including phenoxy) is 1. The number of nitrogens with zero attached hydrogens (tertiary/aromatic N) is 1. The van der Waals surface area contributed by atoms with Crippen LogP contribution in [-0.2, 0) is 11.2 Å². The van der Waals surface area contributed by atoms with Gasteiger partial charge in [-0.05, 0) is 36.2 Å². The molecule has 1 heterocycles. The minimum atomic E-state index is -0.0463. The Kier molecular flexibility index (Phi) is 4.72. The van der Waals surface area contributed by atoms with Gasteiger partial charge in [-0.2, -0.15) is 0 Å². The van der Waals surface area contributed by atoms with Gasteiger partial charge in [-0.3, -0.25) is 4.79 Å². The number of rotatable bonds is 5. The molecule has 5 heteroatoms. The SMILES string of the molecule is COc1ccc(Cl)cc1NC(=O)CCN1CCc2ccccc21. The van der Waals surface area contributed by atoms with E-state index in [0.29, 0.717) is 29.4 Å². The molecule has 0 saturated carbocycles. The molecule has 0 fully saturated rings. The van der Waals surface area contributed by atoms with Crippen LogP contribution in [-0.4, -0.2) is 26.1 Å². The van der Waals surface area contributed by atoms with E-state index in [2.05, 4.69) is 28.4 Å². The van der Waals surface area contributed by atoms with Crippen LogP contribution >= 0.6 is 11.6 Å². The van der Waals surface area contributed by atoms with Crippen LogP contribution in [0.25, 0.3) is 0 Å². The van der Waals surface area contributed by atoms with Crippen molar-refractivity contribution in [1.82, 2.24) is 0 Å². The number of para-hydroxylation sites is 1. The molecule has 0 bridgehead atoms. The third-order valence-electron chi connectivity index (χ3n) is 4.03. The van der Waals surface area contributed by atoms with Gasteiger partial charge in [0, 0.05) is 30.2 Å². The van der Waals surface area contributed by atoms with Crippen molar-refractivity contribution in [2.45, 2.75) is 12.8 Å². The summed E-state index contributed by atoms with van der Waals surface area (Å²) in [5.41, 5.74) is 3.19. The molecule has 0 atom stereocenters. The van der Waals surface area contributed by atoms with Gasteiger partial charge in [0.05, 0.1) is 12.8 Å². The molecule has 4 nitrogen and oxygen atoms in total. The number of carbonyl (C=O) groups is 1. The summed E-state index contributed by atoms with van der Waals surface area (Å²) in [6, 6.07) is 13.5. The molecular weight excluding hydrogens is 312 g/mol. The normalized spacial score (nSPS) is 12.9. The lowest BCUT2D eigenvalue weighted by atomic mass is 10.2. The third-order valence-corrected chi connectivity index (χ3v) is 4.26.